The third kappa shape index (κ3) is 7.94. The van der Waals surface area contributed by atoms with Crippen LogP contribution in [0, 0.1) is 5.92 Å². The van der Waals surface area contributed by atoms with Crippen molar-refractivity contribution in [2.24, 2.45) is 5.92 Å². The van der Waals surface area contributed by atoms with Crippen LogP contribution in [0.4, 0.5) is 4.79 Å². The topological polar surface area (TPSA) is 94.6 Å². The predicted octanol–water partition coefficient (Wildman–Crippen LogP) is 3.86. The van der Waals surface area contributed by atoms with Crippen LogP contribution in [0.1, 0.15) is 84.1 Å². The van der Waals surface area contributed by atoms with Crippen LogP contribution in [0.5, 0.6) is 0 Å². The van der Waals surface area contributed by atoms with Gasteiger partial charge in [-0.05, 0) is 43.2 Å². The van der Waals surface area contributed by atoms with E-state index < -0.39 is 6.04 Å². The fraction of sp³-hybridized carbons (Fsp3) is 0.704. The van der Waals surface area contributed by atoms with Crippen molar-refractivity contribution in [3.8, 4) is 0 Å². The molecule has 35 heavy (non-hydrogen) atoms. The highest BCUT2D eigenvalue weighted by Crippen LogP contribution is 2.27. The number of carbonyl (C=O) groups is 3. The van der Waals surface area contributed by atoms with E-state index in [1.807, 2.05) is 12.1 Å². The van der Waals surface area contributed by atoms with E-state index in [4.69, 9.17) is 0 Å². The molecule has 4 amide bonds. The Kier molecular flexibility index (Phi) is 10.4. The molecule has 2 atom stereocenters. The fourth-order valence-corrected chi connectivity index (χ4v) is 5.19. The number of urea groups is 1. The Bertz CT molecular complexity index is 825. The quantitative estimate of drug-likeness (QED) is 0.492. The van der Waals surface area contributed by atoms with Crippen molar-refractivity contribution in [1.82, 2.24) is 25.4 Å². The van der Waals surface area contributed by atoms with Gasteiger partial charge in [-0.3, -0.25) is 14.6 Å². The first-order valence-corrected chi connectivity index (χ1v) is 13.4. The van der Waals surface area contributed by atoms with Gasteiger partial charge in [-0.15, -0.1) is 0 Å². The lowest BCUT2D eigenvalue weighted by molar-refractivity contribution is -0.145. The number of hydrogen-bond donors (Lipinski definition) is 2. The highest BCUT2D eigenvalue weighted by atomic mass is 16.2. The molecule has 2 aliphatic rings. The van der Waals surface area contributed by atoms with Crippen LogP contribution in [0.2, 0.25) is 0 Å². The van der Waals surface area contributed by atoms with Crippen LogP contribution >= 0.6 is 0 Å². The summed E-state index contributed by atoms with van der Waals surface area (Å²) >= 11 is 0. The van der Waals surface area contributed by atoms with Crippen molar-refractivity contribution in [3.63, 3.8) is 0 Å². The van der Waals surface area contributed by atoms with E-state index in [9.17, 15) is 14.4 Å². The number of carbonyl (C=O) groups excluding carboxylic acids is 3. The second-order valence-corrected chi connectivity index (χ2v) is 10.5. The molecule has 2 fully saturated rings. The molecular formula is C27H43N5O3. The molecular weight excluding hydrogens is 442 g/mol. The van der Waals surface area contributed by atoms with E-state index in [-0.39, 0.29) is 42.3 Å². The van der Waals surface area contributed by atoms with E-state index in [0.29, 0.717) is 26.1 Å². The highest BCUT2D eigenvalue weighted by molar-refractivity contribution is 5.89. The molecule has 194 valence electrons. The third-order valence-electron chi connectivity index (χ3n) is 6.99. The molecule has 0 aromatic carbocycles. The Hall–Kier alpha value is -2.64. The summed E-state index contributed by atoms with van der Waals surface area (Å²) in [4.78, 5) is 47.8. The van der Waals surface area contributed by atoms with Crippen molar-refractivity contribution in [3.05, 3.63) is 30.1 Å². The largest absolute Gasteiger partial charge is 0.356 e. The minimum absolute atomic E-state index is 0.0519. The minimum atomic E-state index is -0.586. The van der Waals surface area contributed by atoms with Gasteiger partial charge in [0.05, 0.1) is 6.04 Å². The third-order valence-corrected chi connectivity index (χ3v) is 6.99. The number of rotatable bonds is 10. The van der Waals surface area contributed by atoms with Crippen LogP contribution in [-0.2, 0) is 16.1 Å². The van der Waals surface area contributed by atoms with Crippen molar-refractivity contribution in [2.75, 3.05) is 13.1 Å². The maximum atomic E-state index is 13.7. The average Bonchev–Trinajstić information content (AvgIpc) is 2.83. The van der Waals surface area contributed by atoms with Crippen molar-refractivity contribution >= 4 is 17.8 Å². The van der Waals surface area contributed by atoms with Gasteiger partial charge in [0, 0.05) is 44.5 Å². The second kappa shape index (κ2) is 13.4. The number of unbranched alkanes of at least 4 members (excludes halogenated alkanes) is 1. The van der Waals surface area contributed by atoms with Gasteiger partial charge < -0.3 is 20.4 Å². The van der Waals surface area contributed by atoms with Gasteiger partial charge in [0.2, 0.25) is 11.8 Å². The second-order valence-electron chi connectivity index (χ2n) is 10.5. The average molecular weight is 486 g/mol. The fourth-order valence-electron chi connectivity index (χ4n) is 5.19. The monoisotopic (exact) mass is 485 g/mol. The molecule has 8 nitrogen and oxygen atoms in total. The lowest BCUT2D eigenvalue weighted by atomic mass is 9.94. The minimum Gasteiger partial charge on any atom is -0.356 e. The number of pyridine rings is 1. The number of amides is 4. The maximum Gasteiger partial charge on any atom is 0.318 e. The zero-order valence-corrected chi connectivity index (χ0v) is 21.7. The Balaban J connectivity index is 1.84. The molecule has 2 N–H and O–H groups in total. The van der Waals surface area contributed by atoms with Gasteiger partial charge in [0.25, 0.3) is 0 Å². The summed E-state index contributed by atoms with van der Waals surface area (Å²) < 4.78 is 0. The van der Waals surface area contributed by atoms with Crippen molar-refractivity contribution in [1.29, 1.82) is 0 Å². The van der Waals surface area contributed by atoms with Gasteiger partial charge in [-0.2, -0.15) is 0 Å². The first-order valence-electron chi connectivity index (χ1n) is 13.4. The Morgan fingerprint density at radius 2 is 1.97 bits per heavy atom. The normalized spacial score (nSPS) is 21.3. The molecule has 1 aromatic heterocycles. The lowest BCUT2D eigenvalue weighted by Crippen LogP contribution is -2.66. The van der Waals surface area contributed by atoms with Crippen molar-refractivity contribution in [2.45, 2.75) is 103 Å². The highest BCUT2D eigenvalue weighted by Gasteiger charge is 2.44. The molecule has 2 heterocycles. The SMILES string of the molecule is CCCCNC(=O)C[C@@H]1CN(Cc2cccnc2)C(=O)[C@@H](CC(C)C)N1C(=O)NC1CCCCC1. The molecule has 1 aromatic rings. The molecule has 1 saturated heterocycles. The smallest absolute Gasteiger partial charge is 0.318 e. The van der Waals surface area contributed by atoms with Crippen LogP contribution in [0.3, 0.4) is 0 Å². The molecule has 1 aliphatic heterocycles. The maximum absolute atomic E-state index is 13.7. The molecule has 8 heteroatoms. The van der Waals surface area contributed by atoms with E-state index in [1.165, 1.54) is 6.42 Å². The van der Waals surface area contributed by atoms with Gasteiger partial charge in [0.1, 0.15) is 6.04 Å². The molecule has 0 unspecified atom stereocenters. The molecule has 1 saturated carbocycles. The number of nitrogens with one attached hydrogen (secondary N) is 2. The molecule has 0 spiro atoms. The summed E-state index contributed by atoms with van der Waals surface area (Å²) in [7, 11) is 0. The van der Waals surface area contributed by atoms with Crippen molar-refractivity contribution < 1.29 is 14.4 Å². The van der Waals surface area contributed by atoms with Gasteiger partial charge in [-0.25, -0.2) is 4.79 Å². The summed E-state index contributed by atoms with van der Waals surface area (Å²) in [6.07, 6.45) is 11.5. The summed E-state index contributed by atoms with van der Waals surface area (Å²) in [5.74, 6) is 0.105. The standard InChI is InChI=1S/C27H43N5O3/c1-4-5-14-29-25(33)16-23-19-31(18-21-10-9-13-28-17-21)26(34)24(15-20(2)3)32(23)27(35)30-22-11-7-6-8-12-22/h9-10,13,17,20,22-24H,4-8,11-12,14-16,18-19H2,1-3H3,(H,29,33)(H,30,35)/t23-,24-/m1/s1. The van der Waals surface area contributed by atoms with E-state index in [0.717, 1.165) is 44.1 Å². The zero-order valence-electron chi connectivity index (χ0n) is 21.7. The summed E-state index contributed by atoms with van der Waals surface area (Å²) in [6.45, 7) is 7.61. The van der Waals surface area contributed by atoms with Gasteiger partial charge in [0.15, 0.2) is 0 Å². The van der Waals surface area contributed by atoms with Gasteiger partial charge in [-0.1, -0.05) is 52.5 Å². The number of piperazine rings is 1. The van der Waals surface area contributed by atoms with Crippen LogP contribution < -0.4 is 10.6 Å². The Morgan fingerprint density at radius 1 is 1.20 bits per heavy atom. The Morgan fingerprint density at radius 3 is 2.63 bits per heavy atom. The Labute approximate surface area is 210 Å². The number of nitrogens with zero attached hydrogens (tertiary/aromatic N) is 3. The molecule has 0 bridgehead atoms. The van der Waals surface area contributed by atoms with Crippen LogP contribution in [0.15, 0.2) is 24.5 Å². The van der Waals surface area contributed by atoms with Crippen LogP contribution in [-0.4, -0.2) is 63.8 Å². The molecule has 0 radical (unpaired) electrons. The lowest BCUT2D eigenvalue weighted by Gasteiger charge is -2.47. The van der Waals surface area contributed by atoms with E-state index in [2.05, 4.69) is 36.4 Å². The number of hydrogen-bond acceptors (Lipinski definition) is 4. The summed E-state index contributed by atoms with van der Waals surface area (Å²) in [5, 5.41) is 6.20. The summed E-state index contributed by atoms with van der Waals surface area (Å²) in [6, 6.07) is 2.78. The predicted molar refractivity (Wildman–Crippen MR) is 136 cm³/mol. The first-order chi connectivity index (χ1) is 16.9. The van der Waals surface area contributed by atoms with E-state index in [1.54, 1.807) is 22.2 Å². The van der Waals surface area contributed by atoms with Gasteiger partial charge >= 0.3 is 6.03 Å². The first kappa shape index (κ1) is 27.0. The number of aromatic nitrogens is 1. The molecule has 3 rings (SSSR count). The zero-order chi connectivity index (χ0) is 25.2. The van der Waals surface area contributed by atoms with E-state index >= 15 is 0 Å². The molecule has 1 aliphatic carbocycles. The van der Waals surface area contributed by atoms with Crippen LogP contribution in [0.25, 0.3) is 0 Å². The summed E-state index contributed by atoms with van der Waals surface area (Å²) in [5.41, 5.74) is 0.940.